The minimum absolute atomic E-state index is 0.175. The summed E-state index contributed by atoms with van der Waals surface area (Å²) in [6.07, 6.45) is -3.14. The van der Waals surface area contributed by atoms with E-state index < -0.39 is 17.7 Å². The lowest BCUT2D eigenvalue weighted by Crippen LogP contribution is -2.02. The van der Waals surface area contributed by atoms with Gasteiger partial charge in [-0.25, -0.2) is 4.98 Å². The highest BCUT2D eigenvalue weighted by molar-refractivity contribution is 5.90. The number of oxazole rings is 1. The smallest absolute Gasteiger partial charge is 0.417 e. The van der Waals surface area contributed by atoms with Gasteiger partial charge in [-0.3, -0.25) is 4.79 Å². The van der Waals surface area contributed by atoms with Crippen LogP contribution in [0, 0.1) is 0 Å². The van der Waals surface area contributed by atoms with Crippen LogP contribution in [0.4, 0.5) is 13.2 Å². The zero-order chi connectivity index (χ0) is 16.3. The van der Waals surface area contributed by atoms with Gasteiger partial charge in [-0.2, -0.15) is 13.2 Å². The lowest BCUT2D eigenvalue weighted by atomic mass is 10.3. The van der Waals surface area contributed by atoms with Crippen LogP contribution < -0.4 is 4.74 Å². The molecule has 0 fully saturated rings. The number of hydrogen-bond donors (Lipinski definition) is 1. The van der Waals surface area contributed by atoms with E-state index in [0.29, 0.717) is 23.4 Å². The van der Waals surface area contributed by atoms with E-state index in [9.17, 15) is 18.0 Å². The van der Waals surface area contributed by atoms with Crippen LogP contribution in [0.15, 0.2) is 29.0 Å². The summed E-state index contributed by atoms with van der Waals surface area (Å²) in [6, 6.07) is 4.59. The van der Waals surface area contributed by atoms with E-state index in [0.717, 1.165) is 0 Å². The molecule has 0 bridgehead atoms. The summed E-state index contributed by atoms with van der Waals surface area (Å²) < 4.78 is 45.3. The molecule has 118 valence electrons. The molecule has 0 aromatic carbocycles. The van der Waals surface area contributed by atoms with Crippen LogP contribution in [0.1, 0.15) is 18.2 Å². The van der Waals surface area contributed by atoms with Crippen molar-refractivity contribution in [1.82, 2.24) is 4.98 Å². The molecule has 0 amide bonds. The number of carbonyl (C=O) groups is 1. The van der Waals surface area contributed by atoms with E-state index in [1.54, 1.807) is 13.0 Å². The molecule has 0 aliphatic heterocycles. The monoisotopic (exact) mass is 315 g/mol. The number of carboxylic acids is 1. The van der Waals surface area contributed by atoms with Gasteiger partial charge in [0.05, 0.1) is 18.6 Å². The molecule has 22 heavy (non-hydrogen) atoms. The van der Waals surface area contributed by atoms with Crippen molar-refractivity contribution in [2.24, 2.45) is 0 Å². The van der Waals surface area contributed by atoms with E-state index >= 15 is 0 Å². The second-order valence-electron chi connectivity index (χ2n) is 4.32. The normalized spacial score (nSPS) is 11.5. The van der Waals surface area contributed by atoms with Gasteiger partial charge in [-0.15, -0.1) is 0 Å². The van der Waals surface area contributed by atoms with E-state index in [1.165, 1.54) is 18.5 Å². The van der Waals surface area contributed by atoms with E-state index in [-0.39, 0.29) is 12.4 Å². The quantitative estimate of drug-likeness (QED) is 0.799. The fraction of sp³-hybridized carbons (Fsp3) is 0.286. The summed E-state index contributed by atoms with van der Waals surface area (Å²) >= 11 is 0. The van der Waals surface area contributed by atoms with Gasteiger partial charge in [0.15, 0.2) is 6.39 Å². The number of rotatable bonds is 4. The summed E-state index contributed by atoms with van der Waals surface area (Å²) in [5.74, 6) is -0.759. The number of aliphatic carboxylic acids is 1. The number of ether oxygens (including phenoxy) is 1. The average molecular weight is 315 g/mol. The van der Waals surface area contributed by atoms with Crippen LogP contribution in [0.5, 0.6) is 5.95 Å². The number of hydrogen-bond acceptors (Lipinski definition) is 4. The Kier molecular flexibility index (Phi) is 4.39. The van der Waals surface area contributed by atoms with Crippen LogP contribution in [0.2, 0.25) is 0 Å². The first-order chi connectivity index (χ1) is 10.3. The second kappa shape index (κ2) is 6.08. The third-order valence-corrected chi connectivity index (χ3v) is 2.77. The molecule has 0 spiro atoms. The van der Waals surface area contributed by atoms with Crippen molar-refractivity contribution in [1.29, 1.82) is 0 Å². The van der Waals surface area contributed by atoms with Gasteiger partial charge < -0.3 is 14.3 Å². The fourth-order valence-corrected chi connectivity index (χ4v) is 1.88. The third-order valence-electron chi connectivity index (χ3n) is 2.77. The van der Waals surface area contributed by atoms with Crippen LogP contribution in [0.25, 0.3) is 11.1 Å². The molecular weight excluding hydrogens is 303 g/mol. The molecule has 0 saturated carbocycles. The van der Waals surface area contributed by atoms with Crippen molar-refractivity contribution >= 4 is 5.97 Å². The number of benzene rings is 1. The van der Waals surface area contributed by atoms with Crippen molar-refractivity contribution in [3.63, 3.8) is 0 Å². The van der Waals surface area contributed by atoms with Gasteiger partial charge in [0.2, 0.25) is 0 Å². The molecule has 0 atom stereocenters. The Morgan fingerprint density at radius 3 is 2.45 bits per heavy atom. The van der Waals surface area contributed by atoms with Crippen molar-refractivity contribution < 1.29 is 32.2 Å². The minimum atomic E-state index is -4.13. The number of nitrogens with zero attached hydrogens (tertiary/aromatic N) is 1. The maximum atomic E-state index is 11.8. The Balaban J connectivity index is 0.000000162. The second-order valence-corrected chi connectivity index (χ2v) is 4.32. The molecule has 1 heterocycles. The highest BCUT2D eigenvalue weighted by atomic mass is 19.4. The number of alkyl halides is 3. The summed E-state index contributed by atoms with van der Waals surface area (Å²) in [5, 5.41) is 8.44. The first-order valence-corrected chi connectivity index (χ1v) is 6.32. The van der Waals surface area contributed by atoms with Crippen LogP contribution in [-0.2, 0) is 17.4 Å². The Morgan fingerprint density at radius 2 is 2.00 bits per heavy atom. The Hall–Kier alpha value is -2.51. The molecule has 0 saturated heterocycles. The highest BCUT2D eigenvalue weighted by Gasteiger charge is 2.44. The topological polar surface area (TPSA) is 72.6 Å². The van der Waals surface area contributed by atoms with Gasteiger partial charge in [0.25, 0.3) is 0 Å². The number of fused-ring (bicyclic) bond motifs is 1. The molecule has 0 radical (unpaired) electrons. The SMILES string of the molecule is CCOc1ocnc1CC(=O)O.FC(F)(F)c1c2cccc1-2. The predicted octanol–water partition coefficient (Wildman–Crippen LogP) is 3.39. The average Bonchev–Trinajstić information content (AvgIpc) is 2.74. The summed E-state index contributed by atoms with van der Waals surface area (Å²) in [5.41, 5.74) is 0.624. The van der Waals surface area contributed by atoms with Gasteiger partial charge >= 0.3 is 18.1 Å². The largest absolute Gasteiger partial charge is 0.481 e. The van der Waals surface area contributed by atoms with Gasteiger partial charge in [-0.05, 0) is 18.1 Å². The number of halogens is 3. The van der Waals surface area contributed by atoms with Crippen molar-refractivity contribution in [2.75, 3.05) is 6.61 Å². The molecule has 2 aliphatic rings. The van der Waals surface area contributed by atoms with Crippen LogP contribution in [0.3, 0.4) is 0 Å². The Morgan fingerprint density at radius 1 is 1.36 bits per heavy atom. The molecule has 5 nitrogen and oxygen atoms in total. The maximum Gasteiger partial charge on any atom is 0.417 e. The van der Waals surface area contributed by atoms with E-state index in [1.807, 2.05) is 0 Å². The lowest BCUT2D eigenvalue weighted by Gasteiger charge is -1.97. The van der Waals surface area contributed by atoms with Crippen molar-refractivity contribution in [3.8, 4) is 17.1 Å². The number of carboxylic acid groups (broad SMARTS) is 1. The van der Waals surface area contributed by atoms with E-state index in [4.69, 9.17) is 14.3 Å². The highest BCUT2D eigenvalue weighted by Crippen LogP contribution is 2.52. The third kappa shape index (κ3) is 3.57. The Labute approximate surface area is 123 Å². The van der Waals surface area contributed by atoms with E-state index in [2.05, 4.69) is 4.98 Å². The predicted molar refractivity (Wildman–Crippen MR) is 69.4 cm³/mol. The summed E-state index contributed by atoms with van der Waals surface area (Å²) in [4.78, 5) is 14.0. The number of aromatic nitrogens is 1. The zero-order valence-corrected chi connectivity index (χ0v) is 11.5. The maximum absolute atomic E-state index is 11.8. The first-order valence-electron chi connectivity index (χ1n) is 6.32. The molecule has 1 aromatic rings. The van der Waals surface area contributed by atoms with Crippen molar-refractivity contribution in [3.05, 3.63) is 35.9 Å². The molecule has 3 rings (SSSR count). The minimum Gasteiger partial charge on any atom is -0.481 e. The van der Waals surface area contributed by atoms with Gasteiger partial charge in [-0.1, -0.05) is 18.2 Å². The summed E-state index contributed by atoms with van der Waals surface area (Å²) in [7, 11) is 0. The van der Waals surface area contributed by atoms with Crippen molar-refractivity contribution in [2.45, 2.75) is 19.5 Å². The van der Waals surface area contributed by atoms with Gasteiger partial charge in [0, 0.05) is 0 Å². The molecule has 8 heteroatoms. The zero-order valence-electron chi connectivity index (χ0n) is 11.5. The lowest BCUT2D eigenvalue weighted by molar-refractivity contribution is -0.136. The molecule has 1 N–H and O–H groups in total. The molecule has 2 aliphatic carbocycles. The first kappa shape index (κ1) is 15.9. The Bertz CT molecular complexity index is 659. The van der Waals surface area contributed by atoms with Crippen LogP contribution >= 0.6 is 0 Å². The molecule has 0 unspecified atom stereocenters. The summed E-state index contributed by atoms with van der Waals surface area (Å²) in [6.45, 7) is 2.22. The molecular formula is C14H12F3NO4. The molecule has 1 aromatic heterocycles. The van der Waals surface area contributed by atoms with Crippen LogP contribution in [-0.4, -0.2) is 22.7 Å². The fourth-order valence-electron chi connectivity index (χ4n) is 1.88. The standard InChI is InChI=1S/C7H3F3.C7H9NO4/c8-7(9,10)6-4-2-1-3-5(4)6;1-2-11-7-5(3-6(9)10)8-4-12-7/h1-3H;4H,2-3H2,1H3,(H,9,10). The van der Waals surface area contributed by atoms with Gasteiger partial charge in [0.1, 0.15) is 5.69 Å².